The molecule has 130 valence electrons. The molecular formula is C20H21FN2O2. The third-order valence-corrected chi connectivity index (χ3v) is 5.00. The van der Waals surface area contributed by atoms with Gasteiger partial charge in [0.05, 0.1) is 13.2 Å². The van der Waals surface area contributed by atoms with E-state index >= 15 is 0 Å². The molecule has 2 aromatic rings. The second-order valence-corrected chi connectivity index (χ2v) is 6.64. The van der Waals surface area contributed by atoms with Gasteiger partial charge in [0.1, 0.15) is 5.82 Å². The summed E-state index contributed by atoms with van der Waals surface area (Å²) < 4.78 is 19.5. The highest BCUT2D eigenvalue weighted by Gasteiger charge is 2.23. The summed E-state index contributed by atoms with van der Waals surface area (Å²) in [5, 5.41) is 6.19. The summed E-state index contributed by atoms with van der Waals surface area (Å²) in [5.41, 5.74) is 4.68. The lowest BCUT2D eigenvalue weighted by Gasteiger charge is -2.26. The van der Waals surface area contributed by atoms with Crippen LogP contribution in [0.25, 0.3) is 0 Å². The zero-order valence-electron chi connectivity index (χ0n) is 14.0. The maximum Gasteiger partial charge on any atom is 0.251 e. The van der Waals surface area contributed by atoms with Crippen molar-refractivity contribution in [3.05, 3.63) is 70.0 Å². The first-order chi connectivity index (χ1) is 12.2. The van der Waals surface area contributed by atoms with Gasteiger partial charge in [-0.05, 0) is 47.4 Å². The highest BCUT2D eigenvalue weighted by Crippen LogP contribution is 2.26. The van der Waals surface area contributed by atoms with E-state index in [1.165, 1.54) is 23.3 Å². The molecule has 0 saturated carbocycles. The number of hydrogen-bond donors (Lipinski definition) is 2. The molecule has 0 radical (unpaired) electrons. The third kappa shape index (κ3) is 3.30. The molecule has 0 fully saturated rings. The number of carbonyl (C=O) groups excluding carboxylic acids is 1. The minimum Gasteiger partial charge on any atom is -0.376 e. The van der Waals surface area contributed by atoms with E-state index in [1.807, 2.05) is 12.1 Å². The van der Waals surface area contributed by atoms with Crippen molar-refractivity contribution in [1.82, 2.24) is 10.6 Å². The fraction of sp³-hybridized carbons (Fsp3) is 0.350. The highest BCUT2D eigenvalue weighted by molar-refractivity contribution is 5.96. The summed E-state index contributed by atoms with van der Waals surface area (Å²) in [6.07, 6.45) is 0.744. The van der Waals surface area contributed by atoms with E-state index in [2.05, 4.69) is 22.8 Å². The van der Waals surface area contributed by atoms with Crippen LogP contribution >= 0.6 is 0 Å². The summed E-state index contributed by atoms with van der Waals surface area (Å²) in [4.78, 5) is 12.7. The molecule has 2 heterocycles. The average molecular weight is 340 g/mol. The second-order valence-electron chi connectivity index (χ2n) is 6.64. The Morgan fingerprint density at radius 2 is 2.16 bits per heavy atom. The molecule has 25 heavy (non-hydrogen) atoms. The standard InChI is InChI=1S/C20H21FN2O2/c21-16-7-14-9-22-6-5-18(14)19(8-16)20(24)23-10-15-12-25-11-13-3-1-2-4-17(13)15/h1-4,7-8,15,22H,5-6,9-12H2,(H,23,24). The average Bonchev–Trinajstić information content (AvgIpc) is 2.65. The van der Waals surface area contributed by atoms with Gasteiger partial charge in [-0.2, -0.15) is 0 Å². The number of ether oxygens (including phenoxy) is 1. The smallest absolute Gasteiger partial charge is 0.251 e. The van der Waals surface area contributed by atoms with E-state index in [4.69, 9.17) is 4.74 Å². The first-order valence-corrected chi connectivity index (χ1v) is 8.68. The molecule has 2 aliphatic heterocycles. The molecule has 1 unspecified atom stereocenters. The largest absolute Gasteiger partial charge is 0.376 e. The molecular weight excluding hydrogens is 319 g/mol. The number of fused-ring (bicyclic) bond motifs is 2. The van der Waals surface area contributed by atoms with Crippen LogP contribution in [0.5, 0.6) is 0 Å². The van der Waals surface area contributed by atoms with Gasteiger partial charge in [0.25, 0.3) is 5.91 Å². The zero-order valence-corrected chi connectivity index (χ0v) is 14.0. The van der Waals surface area contributed by atoms with Crippen LogP contribution < -0.4 is 10.6 Å². The summed E-state index contributed by atoms with van der Waals surface area (Å²) in [6, 6.07) is 11.0. The highest BCUT2D eigenvalue weighted by atomic mass is 19.1. The molecule has 0 bridgehead atoms. The maximum atomic E-state index is 13.9. The summed E-state index contributed by atoms with van der Waals surface area (Å²) in [5.74, 6) is -0.445. The van der Waals surface area contributed by atoms with Crippen molar-refractivity contribution in [2.24, 2.45) is 0 Å². The van der Waals surface area contributed by atoms with Crippen LogP contribution in [0.2, 0.25) is 0 Å². The minimum absolute atomic E-state index is 0.125. The fourth-order valence-corrected chi connectivity index (χ4v) is 3.73. The van der Waals surface area contributed by atoms with Crippen LogP contribution in [-0.2, 0) is 24.3 Å². The van der Waals surface area contributed by atoms with Gasteiger partial charge in [0.15, 0.2) is 0 Å². The van der Waals surface area contributed by atoms with Gasteiger partial charge in [0, 0.05) is 24.6 Å². The van der Waals surface area contributed by atoms with E-state index in [-0.39, 0.29) is 17.6 Å². The van der Waals surface area contributed by atoms with Crippen molar-refractivity contribution in [3.8, 4) is 0 Å². The predicted molar refractivity (Wildman–Crippen MR) is 93.0 cm³/mol. The zero-order chi connectivity index (χ0) is 17.2. The second kappa shape index (κ2) is 6.94. The number of halogens is 1. The van der Waals surface area contributed by atoms with E-state index in [0.717, 1.165) is 24.1 Å². The molecule has 0 aliphatic carbocycles. The number of amides is 1. The Balaban J connectivity index is 1.51. The van der Waals surface area contributed by atoms with Crippen LogP contribution in [0, 0.1) is 5.82 Å². The van der Waals surface area contributed by atoms with Gasteiger partial charge in [-0.25, -0.2) is 4.39 Å². The lowest BCUT2D eigenvalue weighted by molar-refractivity contribution is 0.0844. The Morgan fingerprint density at radius 1 is 1.28 bits per heavy atom. The van der Waals surface area contributed by atoms with Crippen LogP contribution in [0.3, 0.4) is 0 Å². The lowest BCUT2D eigenvalue weighted by Crippen LogP contribution is -2.34. The van der Waals surface area contributed by atoms with Crippen molar-refractivity contribution >= 4 is 5.91 Å². The topological polar surface area (TPSA) is 50.4 Å². The van der Waals surface area contributed by atoms with Gasteiger partial charge in [0.2, 0.25) is 0 Å². The van der Waals surface area contributed by atoms with Crippen LogP contribution in [0.4, 0.5) is 4.39 Å². The molecule has 0 spiro atoms. The molecule has 2 N–H and O–H groups in total. The van der Waals surface area contributed by atoms with Crippen molar-refractivity contribution in [2.75, 3.05) is 19.7 Å². The lowest BCUT2D eigenvalue weighted by atomic mass is 9.92. The molecule has 0 saturated heterocycles. The predicted octanol–water partition coefficient (Wildman–Crippen LogP) is 2.52. The first-order valence-electron chi connectivity index (χ1n) is 8.68. The van der Waals surface area contributed by atoms with Crippen molar-refractivity contribution in [1.29, 1.82) is 0 Å². The molecule has 0 aromatic heterocycles. The third-order valence-electron chi connectivity index (χ3n) is 5.00. The SMILES string of the molecule is O=C(NCC1COCc2ccccc21)c1cc(F)cc2c1CCNC2. The number of hydrogen-bond acceptors (Lipinski definition) is 3. The number of carbonyl (C=O) groups is 1. The van der Waals surface area contributed by atoms with Gasteiger partial charge in [-0.1, -0.05) is 24.3 Å². The van der Waals surface area contributed by atoms with Gasteiger partial charge in [-0.15, -0.1) is 0 Å². The van der Waals surface area contributed by atoms with Gasteiger partial charge >= 0.3 is 0 Å². The molecule has 2 aliphatic rings. The van der Waals surface area contributed by atoms with E-state index < -0.39 is 0 Å². The van der Waals surface area contributed by atoms with Crippen molar-refractivity contribution in [2.45, 2.75) is 25.5 Å². The molecule has 1 amide bonds. The Hall–Kier alpha value is -2.24. The van der Waals surface area contributed by atoms with E-state index in [9.17, 15) is 9.18 Å². The molecule has 2 aromatic carbocycles. The van der Waals surface area contributed by atoms with Crippen molar-refractivity contribution in [3.63, 3.8) is 0 Å². The molecule has 5 heteroatoms. The van der Waals surface area contributed by atoms with Gasteiger partial charge < -0.3 is 15.4 Å². The quantitative estimate of drug-likeness (QED) is 0.903. The minimum atomic E-state index is -0.362. The Labute approximate surface area is 146 Å². The Kier molecular flexibility index (Phi) is 4.51. The maximum absolute atomic E-state index is 13.9. The normalized spacial score (nSPS) is 19.0. The Morgan fingerprint density at radius 3 is 3.08 bits per heavy atom. The fourth-order valence-electron chi connectivity index (χ4n) is 3.73. The first kappa shape index (κ1) is 16.2. The molecule has 1 atom stereocenters. The molecule has 4 rings (SSSR count). The van der Waals surface area contributed by atoms with Crippen LogP contribution in [0.1, 0.15) is 38.5 Å². The summed E-state index contributed by atoms with van der Waals surface area (Å²) in [6.45, 7) is 3.10. The summed E-state index contributed by atoms with van der Waals surface area (Å²) in [7, 11) is 0. The van der Waals surface area contributed by atoms with Crippen molar-refractivity contribution < 1.29 is 13.9 Å². The Bertz CT molecular complexity index is 806. The number of benzene rings is 2. The summed E-state index contributed by atoms with van der Waals surface area (Å²) >= 11 is 0. The number of nitrogens with one attached hydrogen (secondary N) is 2. The van der Waals surface area contributed by atoms with Gasteiger partial charge in [-0.3, -0.25) is 4.79 Å². The van der Waals surface area contributed by atoms with Crippen LogP contribution in [-0.4, -0.2) is 25.6 Å². The monoisotopic (exact) mass is 340 g/mol. The molecule has 4 nitrogen and oxygen atoms in total. The number of rotatable bonds is 3. The van der Waals surface area contributed by atoms with Crippen LogP contribution in [0.15, 0.2) is 36.4 Å². The van der Waals surface area contributed by atoms with E-state index in [1.54, 1.807) is 0 Å². The van der Waals surface area contributed by atoms with E-state index in [0.29, 0.717) is 31.9 Å².